The maximum atomic E-state index is 13.3. The van der Waals surface area contributed by atoms with Gasteiger partial charge < -0.3 is 9.80 Å². The Labute approximate surface area is 160 Å². The van der Waals surface area contributed by atoms with Crippen LogP contribution in [0.5, 0.6) is 0 Å². The van der Waals surface area contributed by atoms with E-state index in [0.29, 0.717) is 24.2 Å². The Bertz CT molecular complexity index is 763. The molecule has 0 radical (unpaired) electrons. The lowest BCUT2D eigenvalue weighted by molar-refractivity contribution is 0.0488. The third-order valence-electron chi connectivity index (χ3n) is 6.35. The van der Waals surface area contributed by atoms with Crippen LogP contribution in [0.3, 0.4) is 0 Å². The fraction of sp³-hybridized carbons (Fsp3) is 0.435. The van der Waals surface area contributed by atoms with Crippen LogP contribution in [0.4, 0.5) is 4.39 Å². The second-order valence-electron chi connectivity index (χ2n) is 7.92. The van der Waals surface area contributed by atoms with Gasteiger partial charge in [0, 0.05) is 30.2 Å². The predicted octanol–water partition coefficient (Wildman–Crippen LogP) is 4.14. The smallest absolute Gasteiger partial charge is 0.254 e. The Balaban J connectivity index is 1.55. The number of rotatable bonds is 5. The molecule has 2 saturated heterocycles. The topological polar surface area (TPSA) is 23.6 Å². The van der Waals surface area contributed by atoms with Crippen molar-refractivity contribution in [2.75, 3.05) is 13.6 Å². The molecule has 2 aliphatic rings. The van der Waals surface area contributed by atoms with Crippen molar-refractivity contribution >= 4 is 5.91 Å². The van der Waals surface area contributed by atoms with Crippen LogP contribution in [0.1, 0.15) is 41.6 Å². The quantitative estimate of drug-likeness (QED) is 0.794. The van der Waals surface area contributed by atoms with E-state index in [1.807, 2.05) is 18.2 Å². The van der Waals surface area contributed by atoms with Crippen molar-refractivity contribution in [2.45, 2.75) is 50.2 Å². The van der Waals surface area contributed by atoms with E-state index < -0.39 is 0 Å². The molecule has 0 aliphatic carbocycles. The summed E-state index contributed by atoms with van der Waals surface area (Å²) in [6.07, 6.45) is 5.38. The molecule has 0 spiro atoms. The number of nitrogens with zero attached hydrogens (tertiary/aromatic N) is 2. The minimum Gasteiger partial charge on any atom is -0.335 e. The minimum absolute atomic E-state index is 0.0277. The summed E-state index contributed by atoms with van der Waals surface area (Å²) < 4.78 is 13.3. The number of benzene rings is 2. The van der Waals surface area contributed by atoms with Gasteiger partial charge in [-0.2, -0.15) is 0 Å². The molecule has 0 N–H and O–H groups in total. The predicted molar refractivity (Wildman–Crippen MR) is 105 cm³/mol. The van der Waals surface area contributed by atoms with Gasteiger partial charge in [-0.1, -0.05) is 30.3 Å². The number of amides is 1. The van der Waals surface area contributed by atoms with E-state index in [4.69, 9.17) is 0 Å². The van der Waals surface area contributed by atoms with Crippen molar-refractivity contribution in [1.82, 2.24) is 9.80 Å². The molecule has 2 atom stereocenters. The van der Waals surface area contributed by atoms with Crippen molar-refractivity contribution in [3.63, 3.8) is 0 Å². The van der Waals surface area contributed by atoms with Crippen LogP contribution in [-0.2, 0) is 6.42 Å². The summed E-state index contributed by atoms with van der Waals surface area (Å²) in [7, 11) is 2.22. The molecule has 27 heavy (non-hydrogen) atoms. The molecule has 1 amide bonds. The molecule has 2 aliphatic heterocycles. The monoisotopic (exact) mass is 366 g/mol. The molecule has 2 fully saturated rings. The van der Waals surface area contributed by atoms with Crippen LogP contribution < -0.4 is 0 Å². The summed E-state index contributed by atoms with van der Waals surface area (Å²) in [6.45, 7) is 0.702. The largest absolute Gasteiger partial charge is 0.335 e. The number of piperidine rings is 1. The normalized spacial score (nSPS) is 24.7. The molecule has 2 heterocycles. The number of hydrogen-bond donors (Lipinski definition) is 0. The van der Waals surface area contributed by atoms with Crippen molar-refractivity contribution < 1.29 is 9.18 Å². The molecule has 2 aromatic carbocycles. The zero-order chi connectivity index (χ0) is 18.8. The zero-order valence-electron chi connectivity index (χ0n) is 15.9. The molecule has 4 heteroatoms. The van der Waals surface area contributed by atoms with E-state index in [0.717, 1.165) is 19.3 Å². The van der Waals surface area contributed by atoms with Gasteiger partial charge in [-0.05, 0) is 69.0 Å². The van der Waals surface area contributed by atoms with E-state index in [2.05, 4.69) is 29.0 Å². The number of carbonyl (C=O) groups is 1. The number of halogens is 1. The van der Waals surface area contributed by atoms with Crippen LogP contribution in [0.2, 0.25) is 0 Å². The van der Waals surface area contributed by atoms with Crippen LogP contribution in [0.25, 0.3) is 0 Å². The van der Waals surface area contributed by atoms with Crippen molar-refractivity contribution in [3.05, 3.63) is 71.5 Å². The summed E-state index contributed by atoms with van der Waals surface area (Å²) in [4.78, 5) is 17.8. The third-order valence-corrected chi connectivity index (χ3v) is 6.35. The highest BCUT2D eigenvalue weighted by Gasteiger charge is 2.41. The van der Waals surface area contributed by atoms with Crippen molar-refractivity contribution in [3.8, 4) is 0 Å². The standard InChI is InChI=1S/C23H27FN2O/c1-25-20-11-12-21(25)16-22(15-20)26(14-13-17-5-3-2-4-6-17)23(27)18-7-9-19(24)10-8-18/h2-10,20-22H,11-16H2,1H3/t20-,21-/m0/s1. The molecular formula is C23H27FN2O. The molecule has 2 bridgehead atoms. The van der Waals surface area contributed by atoms with Gasteiger partial charge in [0.2, 0.25) is 0 Å². The molecule has 0 saturated carbocycles. The van der Waals surface area contributed by atoms with Crippen LogP contribution in [-0.4, -0.2) is 47.4 Å². The lowest BCUT2D eigenvalue weighted by atomic mass is 9.95. The number of hydrogen-bond acceptors (Lipinski definition) is 2. The average Bonchev–Trinajstić information content (AvgIpc) is 2.90. The molecule has 0 aromatic heterocycles. The Morgan fingerprint density at radius 3 is 2.30 bits per heavy atom. The lowest BCUT2D eigenvalue weighted by Crippen LogP contribution is -2.51. The van der Waals surface area contributed by atoms with Crippen LogP contribution in [0.15, 0.2) is 54.6 Å². The van der Waals surface area contributed by atoms with Gasteiger partial charge in [0.1, 0.15) is 5.82 Å². The maximum absolute atomic E-state index is 13.3. The first-order valence-electron chi connectivity index (χ1n) is 9.94. The first-order valence-corrected chi connectivity index (χ1v) is 9.94. The van der Waals surface area contributed by atoms with Gasteiger partial charge in [0.25, 0.3) is 5.91 Å². The second kappa shape index (κ2) is 7.81. The van der Waals surface area contributed by atoms with Gasteiger partial charge in [-0.3, -0.25) is 4.79 Å². The van der Waals surface area contributed by atoms with E-state index >= 15 is 0 Å². The number of fused-ring (bicyclic) bond motifs is 2. The first kappa shape index (κ1) is 18.2. The number of carbonyl (C=O) groups excluding carboxylic acids is 1. The maximum Gasteiger partial charge on any atom is 0.254 e. The zero-order valence-corrected chi connectivity index (χ0v) is 15.9. The van der Waals surface area contributed by atoms with E-state index in [1.165, 1.54) is 30.5 Å². The van der Waals surface area contributed by atoms with Crippen LogP contribution in [0, 0.1) is 5.82 Å². The first-order chi connectivity index (χ1) is 13.1. The van der Waals surface area contributed by atoms with Gasteiger partial charge in [-0.25, -0.2) is 4.39 Å². The van der Waals surface area contributed by atoms with Crippen LogP contribution >= 0.6 is 0 Å². The Kier molecular flexibility index (Phi) is 5.26. The fourth-order valence-corrected chi connectivity index (χ4v) is 4.74. The fourth-order valence-electron chi connectivity index (χ4n) is 4.74. The van der Waals surface area contributed by atoms with Gasteiger partial charge in [-0.15, -0.1) is 0 Å². The average molecular weight is 366 g/mol. The second-order valence-corrected chi connectivity index (χ2v) is 7.92. The molecule has 2 aromatic rings. The Morgan fingerprint density at radius 1 is 1.04 bits per heavy atom. The minimum atomic E-state index is -0.306. The molecule has 0 unspecified atom stereocenters. The summed E-state index contributed by atoms with van der Waals surface area (Å²) in [5.74, 6) is -0.278. The summed E-state index contributed by atoms with van der Waals surface area (Å²) in [5.41, 5.74) is 1.82. The molecule has 4 rings (SSSR count). The lowest BCUT2D eigenvalue weighted by Gasteiger charge is -2.42. The van der Waals surface area contributed by atoms with Gasteiger partial charge in [0.05, 0.1) is 0 Å². The highest BCUT2D eigenvalue weighted by Crippen LogP contribution is 2.36. The van der Waals surface area contributed by atoms with Gasteiger partial charge in [0.15, 0.2) is 0 Å². The van der Waals surface area contributed by atoms with Gasteiger partial charge >= 0.3 is 0 Å². The van der Waals surface area contributed by atoms with Crippen molar-refractivity contribution in [2.24, 2.45) is 0 Å². The van der Waals surface area contributed by atoms with E-state index in [9.17, 15) is 9.18 Å². The molecule has 142 valence electrons. The van der Waals surface area contributed by atoms with E-state index in [-0.39, 0.29) is 17.8 Å². The Morgan fingerprint density at radius 2 is 1.67 bits per heavy atom. The summed E-state index contributed by atoms with van der Waals surface area (Å²) >= 11 is 0. The SMILES string of the molecule is CN1[C@H]2CC[C@H]1CC(N(CCc1ccccc1)C(=O)c1ccc(F)cc1)C2. The van der Waals surface area contributed by atoms with Crippen molar-refractivity contribution in [1.29, 1.82) is 0 Å². The highest BCUT2D eigenvalue weighted by molar-refractivity contribution is 5.94. The Hall–Kier alpha value is -2.20. The molecule has 3 nitrogen and oxygen atoms in total. The third kappa shape index (κ3) is 3.91. The molecular weight excluding hydrogens is 339 g/mol. The van der Waals surface area contributed by atoms with E-state index in [1.54, 1.807) is 12.1 Å². The summed E-state index contributed by atoms with van der Waals surface area (Å²) in [5, 5.41) is 0. The summed E-state index contributed by atoms with van der Waals surface area (Å²) in [6, 6.07) is 17.7. The highest BCUT2D eigenvalue weighted by atomic mass is 19.1.